The minimum atomic E-state index is -0.218. The van der Waals surface area contributed by atoms with Crippen molar-refractivity contribution in [3.05, 3.63) is 0 Å². The molecule has 3 nitrogen and oxygen atoms in total. The van der Waals surface area contributed by atoms with Crippen LogP contribution in [0, 0.1) is 11.8 Å². The molecule has 1 N–H and O–H groups in total. The fraction of sp³-hybridized carbons (Fsp3) is 0.750. The van der Waals surface area contributed by atoms with Gasteiger partial charge in [-0.3, -0.25) is 14.9 Å². The Morgan fingerprint density at radius 3 is 2.42 bits per heavy atom. The van der Waals surface area contributed by atoms with Gasteiger partial charge in [-0.1, -0.05) is 32.5 Å². The standard InChI is InChI=1S/C8H13NO2S/c1-4(2)6-5(3)12-8(11)9-7(6)10/h4-6H,1-3H3,(H,9,10,11)/t5-,6?/m1/s1. The van der Waals surface area contributed by atoms with E-state index in [1.54, 1.807) is 0 Å². The van der Waals surface area contributed by atoms with E-state index >= 15 is 0 Å². The molecule has 1 heterocycles. The van der Waals surface area contributed by atoms with Gasteiger partial charge in [-0.05, 0) is 5.92 Å². The minimum Gasteiger partial charge on any atom is -0.287 e. The van der Waals surface area contributed by atoms with E-state index in [-0.39, 0.29) is 22.3 Å². The highest BCUT2D eigenvalue weighted by Gasteiger charge is 2.35. The maximum absolute atomic E-state index is 11.3. The third kappa shape index (κ3) is 1.80. The fourth-order valence-electron chi connectivity index (χ4n) is 1.51. The summed E-state index contributed by atoms with van der Waals surface area (Å²) < 4.78 is 0. The molecule has 0 spiro atoms. The number of nitrogens with one attached hydrogen (secondary N) is 1. The minimum absolute atomic E-state index is 0.0345. The van der Waals surface area contributed by atoms with Gasteiger partial charge in [0.25, 0.3) is 5.24 Å². The summed E-state index contributed by atoms with van der Waals surface area (Å²) in [5.74, 6) is 0.134. The average Bonchev–Trinajstić information content (AvgIpc) is 1.82. The molecule has 0 aromatic heterocycles. The van der Waals surface area contributed by atoms with Crippen molar-refractivity contribution in [1.29, 1.82) is 0 Å². The summed E-state index contributed by atoms with van der Waals surface area (Å²) in [7, 11) is 0. The Morgan fingerprint density at radius 2 is 2.00 bits per heavy atom. The van der Waals surface area contributed by atoms with E-state index < -0.39 is 0 Å². The van der Waals surface area contributed by atoms with E-state index in [2.05, 4.69) is 5.32 Å². The third-order valence-corrected chi connectivity index (χ3v) is 3.03. The zero-order chi connectivity index (χ0) is 9.30. The first kappa shape index (κ1) is 9.58. The molecule has 0 bridgehead atoms. The quantitative estimate of drug-likeness (QED) is 0.678. The average molecular weight is 187 g/mol. The number of rotatable bonds is 1. The Labute approximate surface area is 76.3 Å². The molecule has 1 aliphatic heterocycles. The lowest BCUT2D eigenvalue weighted by atomic mass is 9.92. The second kappa shape index (κ2) is 3.47. The van der Waals surface area contributed by atoms with Crippen LogP contribution in [0.1, 0.15) is 20.8 Å². The molecule has 0 aliphatic carbocycles. The predicted molar refractivity (Wildman–Crippen MR) is 48.9 cm³/mol. The number of thioether (sulfide) groups is 1. The molecule has 1 saturated heterocycles. The Balaban J connectivity index is 2.73. The van der Waals surface area contributed by atoms with Crippen molar-refractivity contribution < 1.29 is 9.59 Å². The van der Waals surface area contributed by atoms with Crippen LogP contribution in [0.3, 0.4) is 0 Å². The molecule has 0 radical (unpaired) electrons. The second-order valence-electron chi connectivity index (χ2n) is 3.37. The van der Waals surface area contributed by atoms with Gasteiger partial charge < -0.3 is 0 Å². The Kier molecular flexibility index (Phi) is 2.77. The van der Waals surface area contributed by atoms with Gasteiger partial charge in [0, 0.05) is 5.25 Å². The molecule has 4 heteroatoms. The summed E-state index contributed by atoms with van der Waals surface area (Å²) in [5, 5.41) is 2.21. The summed E-state index contributed by atoms with van der Waals surface area (Å²) >= 11 is 1.21. The highest BCUT2D eigenvalue weighted by Crippen LogP contribution is 2.29. The van der Waals surface area contributed by atoms with Gasteiger partial charge in [0.05, 0.1) is 5.92 Å². The van der Waals surface area contributed by atoms with E-state index in [0.717, 1.165) is 0 Å². The first-order chi connectivity index (χ1) is 5.52. The molecule has 1 unspecified atom stereocenters. The Hall–Kier alpha value is -0.510. The largest absolute Gasteiger partial charge is 0.287 e. The molecule has 2 amide bonds. The fourth-order valence-corrected chi connectivity index (χ4v) is 2.60. The number of hydrogen-bond acceptors (Lipinski definition) is 3. The van der Waals surface area contributed by atoms with Gasteiger partial charge in [-0.15, -0.1) is 0 Å². The summed E-state index contributed by atoms with van der Waals surface area (Å²) in [6.07, 6.45) is 0. The molecular weight excluding hydrogens is 174 g/mol. The number of imide groups is 1. The van der Waals surface area contributed by atoms with Crippen LogP contribution in [0.15, 0.2) is 0 Å². The van der Waals surface area contributed by atoms with Crippen molar-refractivity contribution in [3.8, 4) is 0 Å². The third-order valence-electron chi connectivity index (χ3n) is 2.04. The molecule has 0 aromatic carbocycles. The smallest absolute Gasteiger partial charge is 0.285 e. The van der Waals surface area contributed by atoms with Gasteiger partial charge >= 0.3 is 0 Å². The highest BCUT2D eigenvalue weighted by atomic mass is 32.2. The maximum Gasteiger partial charge on any atom is 0.285 e. The lowest BCUT2D eigenvalue weighted by Gasteiger charge is -2.29. The Morgan fingerprint density at radius 1 is 1.42 bits per heavy atom. The van der Waals surface area contributed by atoms with Crippen molar-refractivity contribution in [2.24, 2.45) is 11.8 Å². The number of amides is 2. The van der Waals surface area contributed by atoms with Crippen molar-refractivity contribution >= 4 is 22.9 Å². The van der Waals surface area contributed by atoms with Crippen molar-refractivity contribution in [2.75, 3.05) is 0 Å². The highest BCUT2D eigenvalue weighted by molar-refractivity contribution is 8.14. The van der Waals surface area contributed by atoms with Crippen LogP contribution in [-0.4, -0.2) is 16.4 Å². The SMILES string of the molecule is CC(C)C1C(=O)NC(=O)S[C@@H]1C. The maximum atomic E-state index is 11.3. The number of hydrogen-bond donors (Lipinski definition) is 1. The van der Waals surface area contributed by atoms with Crippen LogP contribution in [-0.2, 0) is 4.79 Å². The van der Waals surface area contributed by atoms with Crippen LogP contribution in [0.25, 0.3) is 0 Å². The normalized spacial score (nSPS) is 30.7. The topological polar surface area (TPSA) is 46.2 Å². The first-order valence-electron chi connectivity index (χ1n) is 4.04. The van der Waals surface area contributed by atoms with Crippen molar-refractivity contribution in [1.82, 2.24) is 5.32 Å². The molecule has 1 rings (SSSR count). The molecule has 0 saturated carbocycles. The van der Waals surface area contributed by atoms with Gasteiger partial charge in [0.15, 0.2) is 0 Å². The summed E-state index contributed by atoms with van der Waals surface area (Å²) in [5.41, 5.74) is 0. The van der Waals surface area contributed by atoms with Crippen LogP contribution in [0.2, 0.25) is 0 Å². The van der Waals surface area contributed by atoms with E-state index in [1.807, 2.05) is 20.8 Å². The van der Waals surface area contributed by atoms with E-state index in [9.17, 15) is 9.59 Å². The van der Waals surface area contributed by atoms with Crippen LogP contribution in [0.5, 0.6) is 0 Å². The molecule has 1 aliphatic rings. The van der Waals surface area contributed by atoms with Crippen molar-refractivity contribution in [3.63, 3.8) is 0 Å². The second-order valence-corrected chi connectivity index (χ2v) is 4.72. The zero-order valence-corrected chi connectivity index (χ0v) is 8.27. The van der Waals surface area contributed by atoms with E-state index in [0.29, 0.717) is 5.92 Å². The van der Waals surface area contributed by atoms with Crippen LogP contribution in [0.4, 0.5) is 4.79 Å². The Bertz CT molecular complexity index is 215. The number of carbonyl (C=O) groups is 2. The van der Waals surface area contributed by atoms with Crippen LogP contribution < -0.4 is 5.32 Å². The summed E-state index contributed by atoms with van der Waals surface area (Å²) in [6, 6.07) is 0. The van der Waals surface area contributed by atoms with Gasteiger partial charge in [0.2, 0.25) is 5.91 Å². The molecule has 0 aromatic rings. The van der Waals surface area contributed by atoms with Gasteiger partial charge in [0.1, 0.15) is 0 Å². The van der Waals surface area contributed by atoms with Gasteiger partial charge in [-0.25, -0.2) is 0 Å². The van der Waals surface area contributed by atoms with Crippen LogP contribution >= 0.6 is 11.8 Å². The van der Waals surface area contributed by atoms with Gasteiger partial charge in [-0.2, -0.15) is 0 Å². The first-order valence-corrected chi connectivity index (χ1v) is 4.92. The lowest BCUT2D eigenvalue weighted by Crippen LogP contribution is -2.45. The summed E-state index contributed by atoms with van der Waals surface area (Å²) in [6.45, 7) is 5.92. The molecule has 68 valence electrons. The number of carbonyl (C=O) groups excluding carboxylic acids is 2. The monoisotopic (exact) mass is 187 g/mol. The molecule has 1 fully saturated rings. The molecular formula is C8H13NO2S. The van der Waals surface area contributed by atoms with E-state index in [1.165, 1.54) is 11.8 Å². The molecule has 12 heavy (non-hydrogen) atoms. The predicted octanol–water partition coefficient (Wildman–Crippen LogP) is 1.63. The summed E-state index contributed by atoms with van der Waals surface area (Å²) in [4.78, 5) is 22.2. The lowest BCUT2D eigenvalue weighted by molar-refractivity contribution is -0.125. The van der Waals surface area contributed by atoms with Crippen molar-refractivity contribution in [2.45, 2.75) is 26.0 Å². The molecule has 2 atom stereocenters. The van der Waals surface area contributed by atoms with E-state index in [4.69, 9.17) is 0 Å². The zero-order valence-electron chi connectivity index (χ0n) is 7.46.